The van der Waals surface area contributed by atoms with Gasteiger partial charge in [-0.25, -0.2) is 4.39 Å². The number of carbonyl (C=O) groups excluding carboxylic acids is 1. The van der Waals surface area contributed by atoms with Gasteiger partial charge in [0.25, 0.3) is 0 Å². The minimum atomic E-state index is -0.256. The molecule has 0 unspecified atom stereocenters. The maximum Gasteiger partial charge on any atom is 0.220 e. The number of hydrogen-bond donors (Lipinski definition) is 1. The number of thiophene rings is 1. The summed E-state index contributed by atoms with van der Waals surface area (Å²) in [6.45, 7) is 0.462. The van der Waals surface area contributed by atoms with E-state index >= 15 is 0 Å². The van der Waals surface area contributed by atoms with E-state index in [1.165, 1.54) is 17.0 Å². The summed E-state index contributed by atoms with van der Waals surface area (Å²) in [6, 6.07) is 10.4. The van der Waals surface area contributed by atoms with Crippen molar-refractivity contribution in [3.8, 4) is 0 Å². The lowest BCUT2D eigenvalue weighted by Gasteiger charge is -2.05. The second-order valence-corrected chi connectivity index (χ2v) is 5.72. The maximum absolute atomic E-state index is 12.7. The molecule has 106 valence electrons. The van der Waals surface area contributed by atoms with Crippen LogP contribution < -0.4 is 5.32 Å². The van der Waals surface area contributed by atoms with E-state index in [1.807, 2.05) is 0 Å². The number of hydrogen-bond acceptors (Lipinski definition) is 2. The molecule has 0 spiro atoms. The van der Waals surface area contributed by atoms with Gasteiger partial charge in [0.15, 0.2) is 0 Å². The monoisotopic (exact) mass is 291 g/mol. The van der Waals surface area contributed by atoms with Crippen molar-refractivity contribution in [1.29, 1.82) is 0 Å². The lowest BCUT2D eigenvalue weighted by molar-refractivity contribution is -0.121. The molecule has 20 heavy (non-hydrogen) atoms. The Kier molecular flexibility index (Phi) is 5.74. The van der Waals surface area contributed by atoms with Crippen molar-refractivity contribution >= 4 is 17.2 Å². The molecule has 0 saturated carbocycles. The van der Waals surface area contributed by atoms with Crippen LogP contribution in [0.1, 0.15) is 29.7 Å². The number of halogens is 1. The first-order valence-electron chi connectivity index (χ1n) is 6.77. The number of aryl methyl sites for hydroxylation is 1. The molecule has 0 fully saturated rings. The Morgan fingerprint density at radius 3 is 2.65 bits per heavy atom. The lowest BCUT2D eigenvalue weighted by atomic mass is 10.1. The third-order valence-electron chi connectivity index (χ3n) is 3.06. The topological polar surface area (TPSA) is 29.1 Å². The van der Waals surface area contributed by atoms with Crippen molar-refractivity contribution in [2.75, 3.05) is 0 Å². The Labute approximate surface area is 122 Å². The number of rotatable bonds is 7. The van der Waals surface area contributed by atoms with Crippen LogP contribution >= 0.6 is 11.3 Å². The average molecular weight is 291 g/mol. The Bertz CT molecular complexity index is 522. The normalized spacial score (nSPS) is 10.4. The van der Waals surface area contributed by atoms with Gasteiger partial charge in [-0.05, 0) is 48.4 Å². The van der Waals surface area contributed by atoms with E-state index in [-0.39, 0.29) is 11.7 Å². The smallest absolute Gasteiger partial charge is 0.220 e. The summed E-state index contributed by atoms with van der Waals surface area (Å²) < 4.78 is 12.7. The highest BCUT2D eigenvalue weighted by Gasteiger charge is 2.02. The molecular formula is C16H18FNOS. The van der Waals surface area contributed by atoms with E-state index in [9.17, 15) is 9.18 Å². The van der Waals surface area contributed by atoms with Gasteiger partial charge in [-0.2, -0.15) is 0 Å². The SMILES string of the molecule is O=C(CCCCc1cccs1)NCc1ccc(F)cc1. The first kappa shape index (κ1) is 14.7. The van der Waals surface area contributed by atoms with Gasteiger partial charge in [0.1, 0.15) is 5.82 Å². The summed E-state index contributed by atoms with van der Waals surface area (Å²) in [4.78, 5) is 13.0. The molecule has 1 heterocycles. The van der Waals surface area contributed by atoms with Gasteiger partial charge in [0, 0.05) is 17.8 Å². The highest BCUT2D eigenvalue weighted by molar-refractivity contribution is 7.09. The molecule has 0 aliphatic heterocycles. The van der Waals surface area contributed by atoms with Crippen LogP contribution in [0.2, 0.25) is 0 Å². The van der Waals surface area contributed by atoms with E-state index in [4.69, 9.17) is 0 Å². The zero-order chi connectivity index (χ0) is 14.2. The van der Waals surface area contributed by atoms with E-state index in [0.29, 0.717) is 13.0 Å². The molecule has 4 heteroatoms. The fourth-order valence-electron chi connectivity index (χ4n) is 1.93. The summed E-state index contributed by atoms with van der Waals surface area (Å²) in [5, 5.41) is 4.93. The molecule has 2 aromatic rings. The molecule has 2 nitrogen and oxygen atoms in total. The Balaban J connectivity index is 1.59. The van der Waals surface area contributed by atoms with Crippen LogP contribution in [0.5, 0.6) is 0 Å². The van der Waals surface area contributed by atoms with Gasteiger partial charge in [0.2, 0.25) is 5.91 Å². The molecule has 0 saturated heterocycles. The van der Waals surface area contributed by atoms with E-state index in [1.54, 1.807) is 23.5 Å². The van der Waals surface area contributed by atoms with Crippen LogP contribution in [0.4, 0.5) is 4.39 Å². The number of unbranched alkanes of at least 4 members (excludes halogenated alkanes) is 1. The second-order valence-electron chi connectivity index (χ2n) is 4.69. The molecule has 0 bridgehead atoms. The fraction of sp³-hybridized carbons (Fsp3) is 0.312. The van der Waals surface area contributed by atoms with Gasteiger partial charge in [-0.1, -0.05) is 18.2 Å². The first-order valence-corrected chi connectivity index (χ1v) is 7.65. The second kappa shape index (κ2) is 7.80. The molecule has 0 atom stereocenters. The zero-order valence-electron chi connectivity index (χ0n) is 11.3. The highest BCUT2D eigenvalue weighted by atomic mass is 32.1. The van der Waals surface area contributed by atoms with Crippen molar-refractivity contribution in [1.82, 2.24) is 5.32 Å². The van der Waals surface area contributed by atoms with Crippen molar-refractivity contribution < 1.29 is 9.18 Å². The molecule has 1 amide bonds. The minimum Gasteiger partial charge on any atom is -0.352 e. The quantitative estimate of drug-likeness (QED) is 0.770. The van der Waals surface area contributed by atoms with Gasteiger partial charge in [-0.3, -0.25) is 4.79 Å². The molecule has 0 radical (unpaired) electrons. The van der Waals surface area contributed by atoms with Crippen molar-refractivity contribution in [2.24, 2.45) is 0 Å². The van der Waals surface area contributed by atoms with Gasteiger partial charge < -0.3 is 5.32 Å². The third kappa shape index (κ3) is 5.13. The largest absolute Gasteiger partial charge is 0.352 e. The Morgan fingerprint density at radius 1 is 1.15 bits per heavy atom. The summed E-state index contributed by atoms with van der Waals surface area (Å²) in [5.41, 5.74) is 0.915. The van der Waals surface area contributed by atoms with Crippen LogP contribution in [0.3, 0.4) is 0 Å². The summed E-state index contributed by atoms with van der Waals surface area (Å²) >= 11 is 1.76. The van der Waals surface area contributed by atoms with Crippen LogP contribution in [0.25, 0.3) is 0 Å². The van der Waals surface area contributed by atoms with Crippen LogP contribution in [0, 0.1) is 5.82 Å². The van der Waals surface area contributed by atoms with Gasteiger partial charge in [0.05, 0.1) is 0 Å². The Hall–Kier alpha value is -1.68. The van der Waals surface area contributed by atoms with Crippen LogP contribution in [0.15, 0.2) is 41.8 Å². The molecular weight excluding hydrogens is 273 g/mol. The summed E-state index contributed by atoms with van der Waals surface area (Å²) in [6.07, 6.45) is 3.52. The van der Waals surface area contributed by atoms with Gasteiger partial charge >= 0.3 is 0 Å². The summed E-state index contributed by atoms with van der Waals surface area (Å²) in [5.74, 6) is -0.200. The lowest BCUT2D eigenvalue weighted by Crippen LogP contribution is -2.22. The predicted molar refractivity (Wildman–Crippen MR) is 80.1 cm³/mol. The summed E-state index contributed by atoms with van der Waals surface area (Å²) in [7, 11) is 0. The zero-order valence-corrected chi connectivity index (χ0v) is 12.1. The predicted octanol–water partition coefficient (Wildman–Crippen LogP) is 3.92. The third-order valence-corrected chi connectivity index (χ3v) is 4.00. The van der Waals surface area contributed by atoms with Gasteiger partial charge in [-0.15, -0.1) is 11.3 Å². The molecule has 2 rings (SSSR count). The number of benzene rings is 1. The fourth-order valence-corrected chi connectivity index (χ4v) is 2.68. The minimum absolute atomic E-state index is 0.0560. The maximum atomic E-state index is 12.7. The van der Waals surface area contributed by atoms with Crippen molar-refractivity contribution in [2.45, 2.75) is 32.2 Å². The number of amides is 1. The van der Waals surface area contributed by atoms with E-state index in [2.05, 4.69) is 22.8 Å². The number of nitrogens with one attached hydrogen (secondary N) is 1. The van der Waals surface area contributed by atoms with Crippen molar-refractivity contribution in [3.05, 3.63) is 58.0 Å². The average Bonchev–Trinajstić information content (AvgIpc) is 2.96. The van der Waals surface area contributed by atoms with Crippen LogP contribution in [-0.4, -0.2) is 5.91 Å². The van der Waals surface area contributed by atoms with E-state index < -0.39 is 0 Å². The first-order chi connectivity index (χ1) is 9.74. The molecule has 1 aromatic carbocycles. The van der Waals surface area contributed by atoms with Crippen LogP contribution in [-0.2, 0) is 17.8 Å². The molecule has 0 aliphatic rings. The molecule has 0 aliphatic carbocycles. The van der Waals surface area contributed by atoms with Crippen molar-refractivity contribution in [3.63, 3.8) is 0 Å². The standard InChI is InChI=1S/C16H18FNOS/c17-14-9-7-13(8-10-14)12-18-16(19)6-2-1-4-15-5-3-11-20-15/h3,5,7-11H,1-2,4,6,12H2,(H,18,19). The highest BCUT2D eigenvalue weighted by Crippen LogP contribution is 2.12. The molecule has 1 aromatic heterocycles. The van der Waals surface area contributed by atoms with E-state index in [0.717, 1.165) is 24.8 Å². The number of carbonyl (C=O) groups is 1. The molecule has 1 N–H and O–H groups in total. The Morgan fingerprint density at radius 2 is 1.95 bits per heavy atom.